The summed E-state index contributed by atoms with van der Waals surface area (Å²) < 4.78 is 65.5. The molecule has 10 heteroatoms. The first kappa shape index (κ1) is 24.0. The number of halogens is 4. The quantitative estimate of drug-likeness (QED) is 0.501. The highest BCUT2D eigenvalue weighted by atomic mass is 19.4. The number of benzene rings is 2. The van der Waals surface area contributed by atoms with Gasteiger partial charge in [0.25, 0.3) is 0 Å². The van der Waals surface area contributed by atoms with Crippen molar-refractivity contribution in [3.63, 3.8) is 0 Å². The molecule has 0 radical (unpaired) electrons. The van der Waals surface area contributed by atoms with Crippen LogP contribution < -0.4 is 10.1 Å². The van der Waals surface area contributed by atoms with E-state index in [9.17, 15) is 27.2 Å². The fourth-order valence-electron chi connectivity index (χ4n) is 2.46. The summed E-state index contributed by atoms with van der Waals surface area (Å²) in [7, 11) is 0. The zero-order valence-corrected chi connectivity index (χ0v) is 17.0. The molecule has 0 aliphatic rings. The molecule has 0 aromatic heterocycles. The van der Waals surface area contributed by atoms with Gasteiger partial charge in [-0.2, -0.15) is 0 Å². The fourth-order valence-corrected chi connectivity index (χ4v) is 2.46. The molecular formula is C21H21F4NO5. The first-order valence-electron chi connectivity index (χ1n) is 9.09. The SMILES string of the molecule is CC(C)(C)OC(=O)NC(C(=O)OCc1ccccc1)c1cc(F)cc(OC(F)(F)F)c1. The standard InChI is InChI=1S/C21H21F4NO5/c1-20(2,3)31-19(28)26-17(18(27)29-12-13-7-5-4-6-8-13)14-9-15(22)11-16(10-14)30-21(23,24)25/h4-11,17H,12H2,1-3H3,(H,26,28). The van der Waals surface area contributed by atoms with Crippen LogP contribution in [0, 0.1) is 5.82 Å². The summed E-state index contributed by atoms with van der Waals surface area (Å²) in [5.41, 5.74) is -0.606. The van der Waals surface area contributed by atoms with Crippen molar-refractivity contribution in [1.82, 2.24) is 5.32 Å². The molecule has 1 N–H and O–H groups in total. The van der Waals surface area contributed by atoms with Gasteiger partial charge in [-0.25, -0.2) is 14.0 Å². The minimum Gasteiger partial charge on any atom is -0.459 e. The van der Waals surface area contributed by atoms with Gasteiger partial charge in [0.05, 0.1) is 0 Å². The highest BCUT2D eigenvalue weighted by Crippen LogP contribution is 2.28. The van der Waals surface area contributed by atoms with Crippen LogP contribution in [-0.4, -0.2) is 24.0 Å². The number of nitrogens with one attached hydrogen (secondary N) is 1. The molecule has 0 aliphatic heterocycles. The third-order valence-corrected chi connectivity index (χ3v) is 3.58. The first-order valence-corrected chi connectivity index (χ1v) is 9.09. The molecule has 2 rings (SSSR count). The summed E-state index contributed by atoms with van der Waals surface area (Å²) in [5.74, 6) is -3.03. The lowest BCUT2D eigenvalue weighted by atomic mass is 10.1. The summed E-state index contributed by atoms with van der Waals surface area (Å²) in [6, 6.07) is 8.97. The molecule has 168 valence electrons. The number of hydrogen-bond donors (Lipinski definition) is 1. The van der Waals surface area contributed by atoms with E-state index in [-0.39, 0.29) is 12.2 Å². The lowest BCUT2D eigenvalue weighted by Gasteiger charge is -2.23. The van der Waals surface area contributed by atoms with Crippen LogP contribution in [0.15, 0.2) is 48.5 Å². The first-order chi connectivity index (χ1) is 14.3. The summed E-state index contributed by atoms with van der Waals surface area (Å²) in [4.78, 5) is 24.8. The van der Waals surface area contributed by atoms with Gasteiger partial charge < -0.3 is 19.5 Å². The molecule has 1 atom stereocenters. The number of esters is 1. The monoisotopic (exact) mass is 443 g/mol. The van der Waals surface area contributed by atoms with Crippen molar-refractivity contribution in [2.75, 3.05) is 0 Å². The van der Waals surface area contributed by atoms with Crippen molar-refractivity contribution in [2.45, 2.75) is 45.4 Å². The summed E-state index contributed by atoms with van der Waals surface area (Å²) >= 11 is 0. The topological polar surface area (TPSA) is 73.9 Å². The Balaban J connectivity index is 2.30. The van der Waals surface area contributed by atoms with Crippen LogP contribution in [0.2, 0.25) is 0 Å². The van der Waals surface area contributed by atoms with E-state index in [1.165, 1.54) is 0 Å². The number of alkyl halides is 3. The Kier molecular flexibility index (Phi) is 7.48. The van der Waals surface area contributed by atoms with Gasteiger partial charge in [-0.15, -0.1) is 13.2 Å². The van der Waals surface area contributed by atoms with Crippen molar-refractivity contribution < 1.29 is 41.4 Å². The van der Waals surface area contributed by atoms with Crippen molar-refractivity contribution in [1.29, 1.82) is 0 Å². The van der Waals surface area contributed by atoms with E-state index in [1.54, 1.807) is 51.1 Å². The van der Waals surface area contributed by atoms with Gasteiger partial charge in [0, 0.05) is 6.07 Å². The molecule has 0 heterocycles. The second kappa shape index (κ2) is 9.67. The number of carbonyl (C=O) groups excluding carboxylic acids is 2. The van der Waals surface area contributed by atoms with Gasteiger partial charge in [0.15, 0.2) is 6.04 Å². The van der Waals surface area contributed by atoms with E-state index >= 15 is 0 Å². The minimum atomic E-state index is -5.08. The van der Waals surface area contributed by atoms with Crippen LogP contribution in [0.4, 0.5) is 22.4 Å². The molecule has 0 bridgehead atoms. The highest BCUT2D eigenvalue weighted by Gasteiger charge is 2.33. The van der Waals surface area contributed by atoms with Crippen molar-refractivity contribution in [3.8, 4) is 5.75 Å². The lowest BCUT2D eigenvalue weighted by molar-refractivity contribution is -0.274. The van der Waals surface area contributed by atoms with E-state index in [0.717, 1.165) is 12.1 Å². The second-order valence-electron chi connectivity index (χ2n) is 7.44. The maximum absolute atomic E-state index is 13.9. The molecule has 31 heavy (non-hydrogen) atoms. The predicted octanol–water partition coefficient (Wildman–Crippen LogP) is 5.03. The normalized spacial score (nSPS) is 12.6. The van der Waals surface area contributed by atoms with Gasteiger partial charge >= 0.3 is 18.4 Å². The third kappa shape index (κ3) is 8.53. The molecule has 1 amide bonds. The fraction of sp³-hybridized carbons (Fsp3) is 0.333. The van der Waals surface area contributed by atoms with Crippen molar-refractivity contribution in [3.05, 3.63) is 65.5 Å². The smallest absolute Gasteiger partial charge is 0.459 e. The Morgan fingerprint density at radius 1 is 1.03 bits per heavy atom. The summed E-state index contributed by atoms with van der Waals surface area (Å²) in [6.07, 6.45) is -6.12. The Hall–Kier alpha value is -3.30. The van der Waals surface area contributed by atoms with Crippen LogP contribution in [0.25, 0.3) is 0 Å². The molecule has 0 aliphatic carbocycles. The van der Waals surface area contributed by atoms with Gasteiger partial charge in [0.1, 0.15) is 23.8 Å². The van der Waals surface area contributed by atoms with Gasteiger partial charge in [-0.05, 0) is 44.0 Å². The zero-order valence-electron chi connectivity index (χ0n) is 17.0. The summed E-state index contributed by atoms with van der Waals surface area (Å²) in [6.45, 7) is 4.56. The van der Waals surface area contributed by atoms with Crippen molar-refractivity contribution >= 4 is 12.1 Å². The molecule has 0 spiro atoms. The Labute approximate surface area is 176 Å². The van der Waals surface area contributed by atoms with Crippen LogP contribution in [0.5, 0.6) is 5.75 Å². The van der Waals surface area contributed by atoms with Gasteiger partial charge in [-0.3, -0.25) is 0 Å². The van der Waals surface area contributed by atoms with Crippen LogP contribution in [0.1, 0.15) is 37.9 Å². The van der Waals surface area contributed by atoms with E-state index in [2.05, 4.69) is 10.1 Å². The molecular weight excluding hydrogens is 422 g/mol. The predicted molar refractivity (Wildman–Crippen MR) is 101 cm³/mol. The maximum Gasteiger partial charge on any atom is 0.573 e. The number of ether oxygens (including phenoxy) is 3. The van der Waals surface area contributed by atoms with Gasteiger partial charge in [-0.1, -0.05) is 30.3 Å². The van der Waals surface area contributed by atoms with Crippen molar-refractivity contribution in [2.24, 2.45) is 0 Å². The average molecular weight is 443 g/mol. The second-order valence-corrected chi connectivity index (χ2v) is 7.44. The Morgan fingerprint density at radius 2 is 1.68 bits per heavy atom. The van der Waals surface area contributed by atoms with Gasteiger partial charge in [0.2, 0.25) is 0 Å². The molecule has 2 aromatic carbocycles. The van der Waals surface area contributed by atoms with E-state index < -0.39 is 41.6 Å². The molecule has 1 unspecified atom stereocenters. The molecule has 0 fully saturated rings. The number of rotatable bonds is 6. The zero-order chi connectivity index (χ0) is 23.2. The van der Waals surface area contributed by atoms with Crippen LogP contribution in [-0.2, 0) is 20.9 Å². The van der Waals surface area contributed by atoms with Crippen LogP contribution >= 0.6 is 0 Å². The third-order valence-electron chi connectivity index (χ3n) is 3.58. The number of amides is 1. The van der Waals surface area contributed by atoms with E-state index in [4.69, 9.17) is 9.47 Å². The van der Waals surface area contributed by atoms with E-state index in [1.807, 2.05) is 0 Å². The minimum absolute atomic E-state index is 0.173. The summed E-state index contributed by atoms with van der Waals surface area (Å²) in [5, 5.41) is 2.20. The average Bonchev–Trinajstić information content (AvgIpc) is 2.61. The highest BCUT2D eigenvalue weighted by molar-refractivity contribution is 5.83. The molecule has 0 saturated heterocycles. The Morgan fingerprint density at radius 3 is 2.26 bits per heavy atom. The number of carbonyl (C=O) groups is 2. The maximum atomic E-state index is 13.9. The lowest BCUT2D eigenvalue weighted by Crippen LogP contribution is -2.38. The van der Waals surface area contributed by atoms with E-state index in [0.29, 0.717) is 11.6 Å². The number of hydrogen-bond acceptors (Lipinski definition) is 5. The number of alkyl carbamates (subject to hydrolysis) is 1. The largest absolute Gasteiger partial charge is 0.573 e. The Bertz CT molecular complexity index is 910. The molecule has 0 saturated carbocycles. The molecule has 6 nitrogen and oxygen atoms in total. The molecule has 2 aromatic rings. The van der Waals surface area contributed by atoms with Crippen LogP contribution in [0.3, 0.4) is 0 Å².